The van der Waals surface area contributed by atoms with Gasteiger partial charge in [-0.05, 0) is 30.7 Å². The van der Waals surface area contributed by atoms with Crippen LogP contribution in [0.5, 0.6) is 5.75 Å². The summed E-state index contributed by atoms with van der Waals surface area (Å²) in [6, 6.07) is 3.62. The molecule has 1 amide bonds. The van der Waals surface area contributed by atoms with Gasteiger partial charge in [0.15, 0.2) is 0 Å². The molecule has 2 rings (SSSR count). The van der Waals surface area contributed by atoms with Crippen LogP contribution in [0.1, 0.15) is 24.5 Å². The van der Waals surface area contributed by atoms with E-state index in [2.05, 4.69) is 15.6 Å². The molecule has 1 fully saturated rings. The van der Waals surface area contributed by atoms with Gasteiger partial charge in [0.05, 0.1) is 18.2 Å². The third-order valence-corrected chi connectivity index (χ3v) is 2.84. The van der Waals surface area contributed by atoms with Gasteiger partial charge in [-0.25, -0.2) is 13.8 Å². The fourth-order valence-corrected chi connectivity index (χ4v) is 1.80. The Kier molecular flexibility index (Phi) is 4.71. The number of halogens is 2. The summed E-state index contributed by atoms with van der Waals surface area (Å²) < 4.78 is 25.1. The minimum Gasteiger partial charge on any atom is -0.507 e. The molecule has 1 unspecified atom stereocenters. The number of carbonyl (C=O) groups is 1. The monoisotopic (exact) mass is 311 g/mol. The number of carbonyl (C=O) groups excluding carboxylic acids is 1. The number of nitrogens with zero attached hydrogens (tertiary/aromatic N) is 1. The van der Waals surface area contributed by atoms with Crippen LogP contribution in [0.4, 0.5) is 8.78 Å². The Morgan fingerprint density at radius 2 is 2.09 bits per heavy atom. The zero-order valence-electron chi connectivity index (χ0n) is 11.7. The first-order chi connectivity index (χ1) is 10.4. The third-order valence-electron chi connectivity index (χ3n) is 2.84. The van der Waals surface area contributed by atoms with Crippen LogP contribution in [-0.2, 0) is 4.79 Å². The van der Waals surface area contributed by atoms with Gasteiger partial charge in [0.2, 0.25) is 5.96 Å². The number of hydrogen-bond donors (Lipinski definition) is 4. The van der Waals surface area contributed by atoms with Crippen molar-refractivity contribution in [3.63, 3.8) is 0 Å². The smallest absolute Gasteiger partial charge is 0.274 e. The maximum absolute atomic E-state index is 12.5. The molecule has 118 valence electrons. The zero-order valence-corrected chi connectivity index (χ0v) is 11.7. The second kappa shape index (κ2) is 6.52. The third kappa shape index (κ3) is 3.79. The largest absolute Gasteiger partial charge is 0.507 e. The Morgan fingerprint density at radius 3 is 2.68 bits per heavy atom. The van der Waals surface area contributed by atoms with E-state index in [1.54, 1.807) is 6.92 Å². The van der Waals surface area contributed by atoms with E-state index >= 15 is 0 Å². The molecule has 0 spiro atoms. The van der Waals surface area contributed by atoms with Crippen molar-refractivity contribution in [2.24, 2.45) is 4.99 Å². The summed E-state index contributed by atoms with van der Waals surface area (Å²) in [6.07, 6.45) is -2.01. The summed E-state index contributed by atoms with van der Waals surface area (Å²) in [6.45, 7) is 1.69. The Balaban J connectivity index is 2.18. The Labute approximate surface area is 125 Å². The Bertz CT molecular complexity index is 642. The van der Waals surface area contributed by atoms with Crippen molar-refractivity contribution in [3.8, 4) is 5.75 Å². The molecule has 1 aliphatic rings. The Hall–Kier alpha value is -2.48. The number of phenolic OH excluding ortho intramolecular Hbond substituents is 1. The number of guanidine groups is 1. The van der Waals surface area contributed by atoms with Crippen molar-refractivity contribution in [3.05, 3.63) is 35.0 Å². The fraction of sp³-hybridized carbons (Fsp3) is 0.286. The number of nitrogens with one attached hydrogen (secondary N) is 2. The highest BCUT2D eigenvalue weighted by Gasteiger charge is 2.22. The molecular formula is C14H15F2N3O3. The standard InChI is InChI=1S/C14H15F2N3O3/c1-7(20)6-17-14-18-10(13(22)19-14)4-8-2-3-9(12(15)16)11(21)5-8/h2-5,7,12,20-21H,6H2,1H3,(H2,17,18,19,22)/b10-4-. The van der Waals surface area contributed by atoms with E-state index in [9.17, 15) is 18.7 Å². The van der Waals surface area contributed by atoms with E-state index in [-0.39, 0.29) is 18.2 Å². The van der Waals surface area contributed by atoms with Crippen LogP contribution in [0.15, 0.2) is 28.9 Å². The van der Waals surface area contributed by atoms with Gasteiger partial charge in [-0.1, -0.05) is 6.07 Å². The number of aromatic hydroxyl groups is 1. The molecule has 0 bridgehead atoms. The van der Waals surface area contributed by atoms with Crippen LogP contribution in [0.2, 0.25) is 0 Å². The van der Waals surface area contributed by atoms with E-state index in [0.29, 0.717) is 5.56 Å². The van der Waals surface area contributed by atoms with Crippen molar-refractivity contribution in [2.75, 3.05) is 6.54 Å². The highest BCUT2D eigenvalue weighted by Crippen LogP contribution is 2.29. The van der Waals surface area contributed by atoms with Crippen LogP contribution in [0.3, 0.4) is 0 Å². The average molecular weight is 311 g/mol. The highest BCUT2D eigenvalue weighted by atomic mass is 19.3. The van der Waals surface area contributed by atoms with E-state index in [4.69, 9.17) is 5.11 Å². The predicted octanol–water partition coefficient (Wildman–Crippen LogP) is 1.13. The number of amides is 1. The normalized spacial score (nSPS) is 19.6. The SMILES string of the molecule is CC(O)CN=C1NC(=O)/C(=C/c2ccc(C(F)F)c(O)c2)N1. The molecule has 6 nitrogen and oxygen atoms in total. The van der Waals surface area contributed by atoms with Gasteiger partial charge in [0, 0.05) is 0 Å². The molecule has 1 atom stereocenters. The number of aliphatic hydroxyl groups is 1. The maximum atomic E-state index is 12.5. The number of phenols is 1. The van der Waals surface area contributed by atoms with Crippen molar-refractivity contribution < 1.29 is 23.8 Å². The molecule has 0 radical (unpaired) electrons. The van der Waals surface area contributed by atoms with Crippen LogP contribution < -0.4 is 10.6 Å². The van der Waals surface area contributed by atoms with Crippen molar-refractivity contribution in [1.29, 1.82) is 0 Å². The molecular weight excluding hydrogens is 296 g/mol. The van der Waals surface area contributed by atoms with Crippen LogP contribution in [-0.4, -0.2) is 34.7 Å². The maximum Gasteiger partial charge on any atom is 0.274 e. The van der Waals surface area contributed by atoms with Crippen LogP contribution in [0.25, 0.3) is 6.08 Å². The number of rotatable bonds is 4. The molecule has 1 heterocycles. The molecule has 1 aromatic rings. The number of hydrogen-bond acceptors (Lipinski definition) is 4. The molecule has 0 saturated carbocycles. The lowest BCUT2D eigenvalue weighted by atomic mass is 10.1. The van der Waals surface area contributed by atoms with Gasteiger partial charge in [0.25, 0.3) is 12.3 Å². The number of benzene rings is 1. The van der Waals surface area contributed by atoms with Crippen molar-refractivity contribution in [2.45, 2.75) is 19.5 Å². The predicted molar refractivity (Wildman–Crippen MR) is 76.3 cm³/mol. The second-order valence-corrected chi connectivity index (χ2v) is 4.79. The first kappa shape index (κ1) is 15.9. The molecule has 1 aliphatic heterocycles. The highest BCUT2D eigenvalue weighted by molar-refractivity contribution is 6.15. The van der Waals surface area contributed by atoms with E-state index in [0.717, 1.165) is 12.1 Å². The van der Waals surface area contributed by atoms with E-state index in [1.807, 2.05) is 0 Å². The molecule has 8 heteroatoms. The number of alkyl halides is 2. The lowest BCUT2D eigenvalue weighted by molar-refractivity contribution is -0.115. The first-order valence-corrected chi connectivity index (χ1v) is 6.50. The topological polar surface area (TPSA) is 94.0 Å². The minimum atomic E-state index is -2.77. The fourth-order valence-electron chi connectivity index (χ4n) is 1.80. The quantitative estimate of drug-likeness (QED) is 0.627. The molecule has 4 N–H and O–H groups in total. The summed E-state index contributed by atoms with van der Waals surface area (Å²) in [5, 5.41) is 23.8. The number of aliphatic hydroxyl groups excluding tert-OH is 1. The van der Waals surface area contributed by atoms with Gasteiger partial charge < -0.3 is 15.5 Å². The van der Waals surface area contributed by atoms with Gasteiger partial charge in [-0.3, -0.25) is 10.1 Å². The van der Waals surface area contributed by atoms with Gasteiger partial charge in [-0.15, -0.1) is 0 Å². The molecule has 0 aromatic heterocycles. The lowest BCUT2D eigenvalue weighted by Gasteiger charge is -2.04. The molecule has 1 aromatic carbocycles. The summed E-state index contributed by atoms with van der Waals surface area (Å²) in [4.78, 5) is 15.7. The van der Waals surface area contributed by atoms with Crippen LogP contribution in [0, 0.1) is 0 Å². The van der Waals surface area contributed by atoms with Gasteiger partial charge in [0.1, 0.15) is 11.4 Å². The lowest BCUT2D eigenvalue weighted by Crippen LogP contribution is -2.26. The zero-order chi connectivity index (χ0) is 16.3. The van der Waals surface area contributed by atoms with Crippen molar-refractivity contribution >= 4 is 17.9 Å². The molecule has 1 saturated heterocycles. The summed E-state index contributed by atoms with van der Waals surface area (Å²) in [5.41, 5.74) is 0.0787. The second-order valence-electron chi connectivity index (χ2n) is 4.79. The Morgan fingerprint density at radius 1 is 1.36 bits per heavy atom. The average Bonchev–Trinajstić information content (AvgIpc) is 2.77. The van der Waals surface area contributed by atoms with Crippen LogP contribution >= 0.6 is 0 Å². The summed E-state index contributed by atoms with van der Waals surface area (Å²) >= 11 is 0. The number of aliphatic imine (C=N–C) groups is 1. The van der Waals surface area contributed by atoms with E-state index < -0.39 is 29.7 Å². The van der Waals surface area contributed by atoms with E-state index in [1.165, 1.54) is 12.1 Å². The molecule has 22 heavy (non-hydrogen) atoms. The summed E-state index contributed by atoms with van der Waals surface area (Å²) in [5.74, 6) is -0.780. The van der Waals surface area contributed by atoms with Crippen molar-refractivity contribution in [1.82, 2.24) is 10.6 Å². The summed E-state index contributed by atoms with van der Waals surface area (Å²) in [7, 11) is 0. The van der Waals surface area contributed by atoms with Gasteiger partial charge in [-0.2, -0.15) is 0 Å². The van der Waals surface area contributed by atoms with Gasteiger partial charge >= 0.3 is 0 Å². The first-order valence-electron chi connectivity index (χ1n) is 6.50. The minimum absolute atomic E-state index is 0.125. The molecule has 0 aliphatic carbocycles.